The van der Waals surface area contributed by atoms with Gasteiger partial charge in [-0.1, -0.05) is 12.1 Å². The Morgan fingerprint density at radius 3 is 2.68 bits per heavy atom. The van der Waals surface area contributed by atoms with Crippen molar-refractivity contribution >= 4 is 5.69 Å². The Hall–Kier alpha value is -2.42. The number of aliphatic hydroxyl groups excluding tert-OH is 1. The van der Waals surface area contributed by atoms with Gasteiger partial charge in [0.15, 0.2) is 0 Å². The molecule has 1 heterocycles. The summed E-state index contributed by atoms with van der Waals surface area (Å²) in [5.41, 5.74) is 0.577. The first-order chi connectivity index (χ1) is 10.3. The Kier molecular flexibility index (Phi) is 4.45. The molecule has 0 aliphatic carbocycles. The molecule has 0 saturated heterocycles. The van der Waals surface area contributed by atoms with Gasteiger partial charge in [-0.25, -0.2) is 0 Å². The molecule has 2 rings (SSSR count). The van der Waals surface area contributed by atoms with Crippen LogP contribution < -0.4 is 0 Å². The van der Waals surface area contributed by atoms with Crippen LogP contribution in [0.3, 0.4) is 0 Å². The molecule has 0 aliphatic heterocycles. The number of alkyl halides is 3. The summed E-state index contributed by atoms with van der Waals surface area (Å²) in [5, 5.41) is 24.2. The zero-order valence-electron chi connectivity index (χ0n) is 11.2. The van der Waals surface area contributed by atoms with Crippen molar-refractivity contribution < 1.29 is 23.2 Å². The minimum absolute atomic E-state index is 0.127. The van der Waals surface area contributed by atoms with Gasteiger partial charge in [-0.05, 0) is 6.07 Å². The monoisotopic (exact) mass is 315 g/mol. The average molecular weight is 315 g/mol. The zero-order chi connectivity index (χ0) is 16.3. The summed E-state index contributed by atoms with van der Waals surface area (Å²) in [5.74, 6) is 0. The number of halogens is 3. The molecular formula is C13H12F3N3O3. The third-order valence-electron chi connectivity index (χ3n) is 2.91. The van der Waals surface area contributed by atoms with Crippen LogP contribution in [0.25, 0.3) is 11.1 Å². The maximum Gasteiger partial charge on any atom is 0.391 e. The zero-order valence-corrected chi connectivity index (χ0v) is 11.2. The van der Waals surface area contributed by atoms with Gasteiger partial charge in [-0.15, -0.1) is 0 Å². The number of benzene rings is 1. The van der Waals surface area contributed by atoms with E-state index < -0.39 is 23.6 Å². The summed E-state index contributed by atoms with van der Waals surface area (Å²) >= 11 is 0. The molecule has 0 aliphatic rings. The van der Waals surface area contributed by atoms with Crippen LogP contribution in [0.2, 0.25) is 0 Å². The minimum atomic E-state index is -4.46. The topological polar surface area (TPSA) is 81.2 Å². The van der Waals surface area contributed by atoms with Crippen LogP contribution in [-0.4, -0.2) is 32.1 Å². The SMILES string of the molecule is O=[N+]([O-])c1ccccc1-c1cnn(CC(O)CC(F)(F)F)c1. The fourth-order valence-corrected chi connectivity index (χ4v) is 2.03. The van der Waals surface area contributed by atoms with Crippen molar-refractivity contribution in [3.8, 4) is 11.1 Å². The second-order valence-electron chi connectivity index (χ2n) is 4.70. The number of para-hydroxylation sites is 1. The van der Waals surface area contributed by atoms with Crippen LogP contribution >= 0.6 is 0 Å². The molecule has 1 atom stereocenters. The van der Waals surface area contributed by atoms with Gasteiger partial charge in [0.05, 0.1) is 35.8 Å². The number of nitro groups is 1. The Bertz CT molecular complexity index is 670. The largest absolute Gasteiger partial charge is 0.391 e. The maximum absolute atomic E-state index is 12.2. The number of hydrogen-bond donors (Lipinski definition) is 1. The average Bonchev–Trinajstić information content (AvgIpc) is 2.84. The first kappa shape index (κ1) is 16.0. The Labute approximate surface area is 122 Å². The van der Waals surface area contributed by atoms with Crippen LogP contribution in [0.1, 0.15) is 6.42 Å². The number of nitro benzene ring substituents is 1. The highest BCUT2D eigenvalue weighted by atomic mass is 19.4. The summed E-state index contributed by atoms with van der Waals surface area (Å²) in [6.07, 6.45) is -4.76. The third kappa shape index (κ3) is 4.04. The van der Waals surface area contributed by atoms with Crippen molar-refractivity contribution in [1.29, 1.82) is 0 Å². The van der Waals surface area contributed by atoms with E-state index in [-0.39, 0.29) is 12.2 Å². The molecule has 1 aromatic heterocycles. The molecule has 22 heavy (non-hydrogen) atoms. The van der Waals surface area contributed by atoms with Crippen LogP contribution in [0.4, 0.5) is 18.9 Å². The van der Waals surface area contributed by atoms with E-state index in [9.17, 15) is 28.4 Å². The standard InChI is InChI=1S/C13H12F3N3O3/c14-13(15,16)5-10(20)8-18-7-9(6-17-18)11-3-1-2-4-12(11)19(21)22/h1-4,6-7,10,20H,5,8H2. The van der Waals surface area contributed by atoms with E-state index in [0.717, 1.165) is 4.68 Å². The Morgan fingerprint density at radius 2 is 2.05 bits per heavy atom. The maximum atomic E-state index is 12.2. The molecule has 0 saturated carbocycles. The van der Waals surface area contributed by atoms with E-state index in [4.69, 9.17) is 0 Å². The molecule has 0 fully saturated rings. The fourth-order valence-electron chi connectivity index (χ4n) is 2.03. The van der Waals surface area contributed by atoms with Crippen molar-refractivity contribution in [1.82, 2.24) is 9.78 Å². The highest BCUT2D eigenvalue weighted by Gasteiger charge is 2.31. The van der Waals surface area contributed by atoms with Gasteiger partial charge in [0.25, 0.3) is 5.69 Å². The molecule has 0 spiro atoms. The van der Waals surface area contributed by atoms with E-state index in [1.165, 1.54) is 30.6 Å². The van der Waals surface area contributed by atoms with Crippen molar-refractivity contribution in [2.24, 2.45) is 0 Å². The van der Waals surface area contributed by atoms with Crippen LogP contribution in [0.5, 0.6) is 0 Å². The lowest BCUT2D eigenvalue weighted by molar-refractivity contribution is -0.384. The fraction of sp³-hybridized carbons (Fsp3) is 0.308. The normalized spacial score (nSPS) is 13.1. The summed E-state index contributed by atoms with van der Waals surface area (Å²) < 4.78 is 37.6. The van der Waals surface area contributed by atoms with Crippen LogP contribution in [0.15, 0.2) is 36.7 Å². The molecular weight excluding hydrogens is 303 g/mol. The predicted molar refractivity (Wildman–Crippen MR) is 71.0 cm³/mol. The molecule has 118 valence electrons. The third-order valence-corrected chi connectivity index (χ3v) is 2.91. The van der Waals surface area contributed by atoms with Crippen LogP contribution in [0, 0.1) is 10.1 Å². The molecule has 1 aromatic carbocycles. The highest BCUT2D eigenvalue weighted by molar-refractivity contribution is 5.72. The van der Waals surface area contributed by atoms with Gasteiger partial charge < -0.3 is 5.11 Å². The van der Waals surface area contributed by atoms with E-state index in [2.05, 4.69) is 5.10 Å². The van der Waals surface area contributed by atoms with Gasteiger partial charge in [0.2, 0.25) is 0 Å². The van der Waals surface area contributed by atoms with Gasteiger partial charge in [-0.3, -0.25) is 14.8 Å². The molecule has 0 bridgehead atoms. The van der Waals surface area contributed by atoms with Crippen LogP contribution in [-0.2, 0) is 6.54 Å². The van der Waals surface area contributed by atoms with E-state index in [1.54, 1.807) is 6.07 Å². The smallest absolute Gasteiger partial charge is 0.391 e. The minimum Gasteiger partial charge on any atom is -0.391 e. The highest BCUT2D eigenvalue weighted by Crippen LogP contribution is 2.29. The summed E-state index contributed by atoms with van der Waals surface area (Å²) in [4.78, 5) is 10.4. The number of aromatic nitrogens is 2. The second kappa shape index (κ2) is 6.14. The number of hydrogen-bond acceptors (Lipinski definition) is 4. The molecule has 0 amide bonds. The molecule has 0 radical (unpaired) electrons. The summed E-state index contributed by atoms with van der Waals surface area (Å²) in [6, 6.07) is 5.97. The van der Waals surface area contributed by atoms with E-state index in [0.29, 0.717) is 11.1 Å². The second-order valence-corrected chi connectivity index (χ2v) is 4.70. The number of rotatable bonds is 5. The Morgan fingerprint density at radius 1 is 1.36 bits per heavy atom. The van der Waals surface area contributed by atoms with Crippen molar-refractivity contribution in [2.75, 3.05) is 0 Å². The summed E-state index contributed by atoms with van der Waals surface area (Å²) in [7, 11) is 0. The molecule has 1 unspecified atom stereocenters. The van der Waals surface area contributed by atoms with Gasteiger partial charge in [-0.2, -0.15) is 18.3 Å². The van der Waals surface area contributed by atoms with Crippen molar-refractivity contribution in [3.63, 3.8) is 0 Å². The molecule has 1 N–H and O–H groups in total. The summed E-state index contributed by atoms with van der Waals surface area (Å²) in [6.45, 7) is -0.347. The molecule has 6 nitrogen and oxygen atoms in total. The first-order valence-corrected chi connectivity index (χ1v) is 6.27. The quantitative estimate of drug-likeness (QED) is 0.679. The molecule has 9 heteroatoms. The lowest BCUT2D eigenvalue weighted by Crippen LogP contribution is -2.24. The number of aliphatic hydroxyl groups is 1. The van der Waals surface area contributed by atoms with Gasteiger partial charge in [0, 0.05) is 17.8 Å². The predicted octanol–water partition coefficient (Wildman–Crippen LogP) is 2.77. The lowest BCUT2D eigenvalue weighted by atomic mass is 10.1. The van der Waals surface area contributed by atoms with Crippen molar-refractivity contribution in [2.45, 2.75) is 25.2 Å². The van der Waals surface area contributed by atoms with E-state index >= 15 is 0 Å². The first-order valence-electron chi connectivity index (χ1n) is 6.27. The molecule has 2 aromatic rings. The lowest BCUT2D eigenvalue weighted by Gasteiger charge is -2.12. The van der Waals surface area contributed by atoms with Gasteiger partial charge in [0.1, 0.15) is 0 Å². The van der Waals surface area contributed by atoms with Crippen molar-refractivity contribution in [3.05, 3.63) is 46.8 Å². The van der Waals surface area contributed by atoms with Gasteiger partial charge >= 0.3 is 6.18 Å². The Balaban J connectivity index is 2.17. The van der Waals surface area contributed by atoms with E-state index in [1.807, 2.05) is 0 Å². The number of nitrogens with zero attached hydrogens (tertiary/aromatic N) is 3.